The first kappa shape index (κ1) is 13.3. The summed E-state index contributed by atoms with van der Waals surface area (Å²) < 4.78 is 5.46. The highest BCUT2D eigenvalue weighted by Gasteiger charge is 2.19. The molecule has 1 aromatic carbocycles. The van der Waals surface area contributed by atoms with E-state index in [1.165, 1.54) is 11.1 Å². The lowest BCUT2D eigenvalue weighted by Crippen LogP contribution is -2.36. The summed E-state index contributed by atoms with van der Waals surface area (Å²) in [4.78, 5) is 14.5. The minimum Gasteiger partial charge on any atom is -0.378 e. The fraction of sp³-hybridized carbons (Fsp3) is 0.294. The third kappa shape index (κ3) is 2.14. The van der Waals surface area contributed by atoms with Gasteiger partial charge in [-0.05, 0) is 18.1 Å². The number of aromatic amines is 1. The first-order valence-electron chi connectivity index (χ1n) is 7.55. The summed E-state index contributed by atoms with van der Waals surface area (Å²) in [5.41, 5.74) is 4.52. The molecule has 112 valence electrons. The van der Waals surface area contributed by atoms with Crippen molar-refractivity contribution >= 4 is 16.9 Å². The van der Waals surface area contributed by atoms with Crippen molar-refractivity contribution in [1.29, 1.82) is 0 Å². The van der Waals surface area contributed by atoms with Gasteiger partial charge in [0.2, 0.25) is 0 Å². The lowest BCUT2D eigenvalue weighted by Gasteiger charge is -2.28. The number of aromatic nitrogens is 3. The minimum absolute atomic E-state index is 0.746. The van der Waals surface area contributed by atoms with E-state index in [4.69, 9.17) is 4.74 Å². The average molecular weight is 294 g/mol. The van der Waals surface area contributed by atoms with E-state index in [9.17, 15) is 0 Å². The Balaban J connectivity index is 1.91. The Bertz CT molecular complexity index is 805. The summed E-state index contributed by atoms with van der Waals surface area (Å²) in [6.07, 6.45) is 3.66. The number of benzene rings is 1. The summed E-state index contributed by atoms with van der Waals surface area (Å²) in [5, 5.41) is 1.10. The number of anilines is 1. The molecule has 3 aromatic rings. The molecule has 0 spiro atoms. The van der Waals surface area contributed by atoms with Crippen LogP contribution in [-0.4, -0.2) is 41.3 Å². The molecular weight excluding hydrogens is 276 g/mol. The van der Waals surface area contributed by atoms with E-state index in [-0.39, 0.29) is 0 Å². The Morgan fingerprint density at radius 2 is 1.91 bits per heavy atom. The van der Waals surface area contributed by atoms with Crippen LogP contribution in [0, 0.1) is 6.92 Å². The molecular formula is C17H18N4O. The predicted molar refractivity (Wildman–Crippen MR) is 87.1 cm³/mol. The average Bonchev–Trinajstić information content (AvgIpc) is 3.00. The second-order valence-electron chi connectivity index (χ2n) is 5.54. The quantitative estimate of drug-likeness (QED) is 0.789. The lowest BCUT2D eigenvalue weighted by atomic mass is 10.0. The summed E-state index contributed by atoms with van der Waals surface area (Å²) >= 11 is 0. The van der Waals surface area contributed by atoms with E-state index in [0.717, 1.165) is 48.7 Å². The van der Waals surface area contributed by atoms with Gasteiger partial charge in [0.25, 0.3) is 0 Å². The maximum atomic E-state index is 5.46. The van der Waals surface area contributed by atoms with Crippen LogP contribution < -0.4 is 4.90 Å². The zero-order valence-electron chi connectivity index (χ0n) is 12.5. The number of ether oxygens (including phenoxy) is 1. The third-order valence-corrected chi connectivity index (χ3v) is 4.20. The van der Waals surface area contributed by atoms with Gasteiger partial charge in [0.05, 0.1) is 18.6 Å². The van der Waals surface area contributed by atoms with E-state index in [0.29, 0.717) is 0 Å². The van der Waals surface area contributed by atoms with Gasteiger partial charge in [0, 0.05) is 24.8 Å². The molecule has 2 aromatic heterocycles. The van der Waals surface area contributed by atoms with Crippen molar-refractivity contribution < 1.29 is 4.74 Å². The number of nitrogens with one attached hydrogen (secondary N) is 1. The molecule has 0 unspecified atom stereocenters. The number of fused-ring (bicyclic) bond motifs is 1. The summed E-state index contributed by atoms with van der Waals surface area (Å²) in [6, 6.07) is 8.41. The van der Waals surface area contributed by atoms with E-state index in [2.05, 4.69) is 51.0 Å². The van der Waals surface area contributed by atoms with Crippen molar-refractivity contribution in [3.8, 4) is 11.1 Å². The van der Waals surface area contributed by atoms with Gasteiger partial charge in [-0.2, -0.15) is 0 Å². The zero-order valence-corrected chi connectivity index (χ0v) is 12.5. The van der Waals surface area contributed by atoms with Crippen LogP contribution in [0.3, 0.4) is 0 Å². The number of hydrogen-bond acceptors (Lipinski definition) is 4. The maximum Gasteiger partial charge on any atom is 0.143 e. The van der Waals surface area contributed by atoms with Crippen molar-refractivity contribution in [1.82, 2.24) is 15.0 Å². The van der Waals surface area contributed by atoms with Gasteiger partial charge in [-0.15, -0.1) is 0 Å². The van der Waals surface area contributed by atoms with E-state index < -0.39 is 0 Å². The minimum atomic E-state index is 0.746. The van der Waals surface area contributed by atoms with Crippen LogP contribution in [0.15, 0.2) is 36.8 Å². The molecule has 0 saturated carbocycles. The Morgan fingerprint density at radius 3 is 2.73 bits per heavy atom. The number of hydrogen-bond donors (Lipinski definition) is 1. The van der Waals surface area contributed by atoms with Crippen molar-refractivity contribution in [3.05, 3.63) is 42.4 Å². The van der Waals surface area contributed by atoms with E-state index in [1.807, 2.05) is 6.20 Å². The highest BCUT2D eigenvalue weighted by molar-refractivity contribution is 6.01. The van der Waals surface area contributed by atoms with Crippen molar-refractivity contribution in [3.63, 3.8) is 0 Å². The fourth-order valence-electron chi connectivity index (χ4n) is 3.05. The summed E-state index contributed by atoms with van der Waals surface area (Å²) in [5.74, 6) is 0.993. The van der Waals surface area contributed by atoms with Gasteiger partial charge in [-0.25, -0.2) is 9.97 Å². The molecule has 1 aliphatic rings. The van der Waals surface area contributed by atoms with Crippen LogP contribution in [0.4, 0.5) is 5.82 Å². The molecule has 0 aliphatic carbocycles. The standard InChI is InChI=1S/C17H18N4O/c1-12-4-2-3-5-13(12)14-10-18-16-15(14)17(20-11-19-16)21-6-8-22-9-7-21/h2-5,10-11H,6-9H2,1H3,(H,18,19,20). The molecule has 22 heavy (non-hydrogen) atoms. The Labute approximate surface area is 129 Å². The Morgan fingerprint density at radius 1 is 1.09 bits per heavy atom. The van der Waals surface area contributed by atoms with E-state index >= 15 is 0 Å². The van der Waals surface area contributed by atoms with Gasteiger partial charge in [-0.1, -0.05) is 24.3 Å². The van der Waals surface area contributed by atoms with Gasteiger partial charge in [0.15, 0.2) is 0 Å². The molecule has 1 aliphatic heterocycles. The monoisotopic (exact) mass is 294 g/mol. The molecule has 0 bridgehead atoms. The molecule has 1 N–H and O–H groups in total. The number of aryl methyl sites for hydroxylation is 1. The van der Waals surface area contributed by atoms with Crippen molar-refractivity contribution in [2.45, 2.75) is 6.92 Å². The van der Waals surface area contributed by atoms with Crippen molar-refractivity contribution in [2.24, 2.45) is 0 Å². The molecule has 0 amide bonds. The van der Waals surface area contributed by atoms with Crippen LogP contribution in [0.1, 0.15) is 5.56 Å². The van der Waals surface area contributed by atoms with Gasteiger partial charge in [0.1, 0.15) is 17.8 Å². The zero-order chi connectivity index (χ0) is 14.9. The van der Waals surface area contributed by atoms with E-state index in [1.54, 1.807) is 6.33 Å². The van der Waals surface area contributed by atoms with Crippen LogP contribution in [0.2, 0.25) is 0 Å². The van der Waals surface area contributed by atoms with Crippen LogP contribution in [-0.2, 0) is 4.74 Å². The van der Waals surface area contributed by atoms with Crippen molar-refractivity contribution in [2.75, 3.05) is 31.2 Å². The molecule has 1 saturated heterocycles. The topological polar surface area (TPSA) is 54.0 Å². The van der Waals surface area contributed by atoms with Gasteiger partial charge >= 0.3 is 0 Å². The number of nitrogens with zero attached hydrogens (tertiary/aromatic N) is 3. The maximum absolute atomic E-state index is 5.46. The normalized spacial score (nSPS) is 15.4. The molecule has 1 fully saturated rings. The Kier molecular flexibility index (Phi) is 3.27. The highest BCUT2D eigenvalue weighted by Crippen LogP contribution is 2.35. The summed E-state index contributed by atoms with van der Waals surface area (Å²) in [7, 11) is 0. The molecule has 5 heteroatoms. The summed E-state index contributed by atoms with van der Waals surface area (Å²) in [6.45, 7) is 5.35. The Hall–Kier alpha value is -2.40. The first-order chi connectivity index (χ1) is 10.8. The third-order valence-electron chi connectivity index (χ3n) is 4.20. The molecule has 0 radical (unpaired) electrons. The van der Waals surface area contributed by atoms with Gasteiger partial charge in [-0.3, -0.25) is 0 Å². The van der Waals surface area contributed by atoms with Crippen LogP contribution in [0.5, 0.6) is 0 Å². The smallest absolute Gasteiger partial charge is 0.143 e. The number of morpholine rings is 1. The van der Waals surface area contributed by atoms with Gasteiger partial charge < -0.3 is 14.6 Å². The predicted octanol–water partition coefficient (Wildman–Crippen LogP) is 2.77. The molecule has 3 heterocycles. The lowest BCUT2D eigenvalue weighted by molar-refractivity contribution is 0.122. The molecule has 5 nitrogen and oxygen atoms in total. The molecule has 0 atom stereocenters. The SMILES string of the molecule is Cc1ccccc1-c1c[nH]c2ncnc(N3CCOCC3)c12. The second kappa shape index (κ2) is 5.42. The fourth-order valence-corrected chi connectivity index (χ4v) is 3.05. The van der Waals surface area contributed by atoms with Crippen LogP contribution >= 0.6 is 0 Å². The first-order valence-corrected chi connectivity index (χ1v) is 7.55. The number of rotatable bonds is 2. The van der Waals surface area contributed by atoms with Crippen LogP contribution in [0.25, 0.3) is 22.2 Å². The number of H-pyrrole nitrogens is 1. The largest absolute Gasteiger partial charge is 0.378 e. The second-order valence-corrected chi connectivity index (χ2v) is 5.54. The molecule has 4 rings (SSSR count). The highest BCUT2D eigenvalue weighted by atomic mass is 16.5.